The number of nitrogens with zero attached hydrogens (tertiary/aromatic N) is 3. The van der Waals surface area contributed by atoms with Crippen LogP contribution in [0.3, 0.4) is 0 Å². The fourth-order valence-electron chi connectivity index (χ4n) is 3.47. The molecule has 1 amide bonds. The van der Waals surface area contributed by atoms with Gasteiger partial charge in [-0.1, -0.05) is 41.9 Å². The third kappa shape index (κ3) is 6.04. The maximum atomic E-state index is 13.3. The summed E-state index contributed by atoms with van der Waals surface area (Å²) in [7, 11) is 0. The predicted octanol–water partition coefficient (Wildman–Crippen LogP) is 5.71. The van der Waals surface area contributed by atoms with Crippen LogP contribution in [-0.2, 0) is 4.79 Å². The highest BCUT2D eigenvalue weighted by Gasteiger charge is 2.15. The van der Waals surface area contributed by atoms with Crippen LogP contribution in [0.1, 0.15) is 37.6 Å². The van der Waals surface area contributed by atoms with Crippen LogP contribution in [0, 0.1) is 5.82 Å². The van der Waals surface area contributed by atoms with Gasteiger partial charge < -0.3 is 10.1 Å². The molecule has 0 radical (unpaired) electrons. The highest BCUT2D eigenvalue weighted by molar-refractivity contribution is 9.10. The first-order chi connectivity index (χ1) is 17.3. The van der Waals surface area contributed by atoms with Gasteiger partial charge in [0.05, 0.1) is 17.1 Å². The first-order valence-electron chi connectivity index (χ1n) is 11.4. The van der Waals surface area contributed by atoms with Gasteiger partial charge in [-0.15, -0.1) is 0 Å². The zero-order chi connectivity index (χ0) is 25.7. The van der Waals surface area contributed by atoms with Gasteiger partial charge in [0.25, 0.3) is 11.5 Å². The Morgan fingerprint density at radius 2 is 1.97 bits per heavy atom. The minimum absolute atomic E-state index is 0.0252. The summed E-state index contributed by atoms with van der Waals surface area (Å²) in [5.41, 5.74) is 1.53. The normalized spacial score (nSPS) is 12.1. The Labute approximate surface area is 215 Å². The smallest absolute Gasteiger partial charge is 0.282 e. The summed E-state index contributed by atoms with van der Waals surface area (Å²) in [5.74, 6) is 0.311. The lowest BCUT2D eigenvalue weighted by Crippen LogP contribution is -2.23. The van der Waals surface area contributed by atoms with Crippen molar-refractivity contribution in [3.8, 4) is 5.75 Å². The minimum Gasteiger partial charge on any atom is -0.484 e. The quantitative estimate of drug-likeness (QED) is 0.284. The number of aromatic nitrogens is 2. The van der Waals surface area contributed by atoms with Crippen molar-refractivity contribution in [2.45, 2.75) is 26.2 Å². The standard InChI is InChI=1S/C27H24BrFN4O3/c1-3-17(2)26-32-24-12-7-19(28)14-23(24)27(35)33(26)30-15-18-5-4-6-22(13-18)36-16-25(34)31-21-10-8-20(29)9-11-21/h4-15,17H,3,16H2,1-2H3,(H,31,34)/t17-/m0/s1. The van der Waals surface area contributed by atoms with Gasteiger partial charge in [0.2, 0.25) is 0 Å². The van der Waals surface area contributed by atoms with E-state index in [-0.39, 0.29) is 29.8 Å². The van der Waals surface area contributed by atoms with Gasteiger partial charge in [-0.25, -0.2) is 9.37 Å². The van der Waals surface area contributed by atoms with E-state index in [1.807, 2.05) is 32.0 Å². The molecule has 9 heteroatoms. The zero-order valence-corrected chi connectivity index (χ0v) is 21.3. The lowest BCUT2D eigenvalue weighted by Gasteiger charge is -2.14. The topological polar surface area (TPSA) is 85.6 Å². The van der Waals surface area contributed by atoms with E-state index in [0.717, 1.165) is 10.9 Å². The number of carbonyl (C=O) groups excluding carboxylic acids is 1. The highest BCUT2D eigenvalue weighted by Crippen LogP contribution is 2.21. The summed E-state index contributed by atoms with van der Waals surface area (Å²) in [6.45, 7) is 3.81. The number of carbonyl (C=O) groups is 1. The molecule has 7 nitrogen and oxygen atoms in total. The molecule has 0 bridgehead atoms. The monoisotopic (exact) mass is 550 g/mol. The van der Waals surface area contributed by atoms with Crippen LogP contribution in [0.5, 0.6) is 5.75 Å². The van der Waals surface area contributed by atoms with Crippen molar-refractivity contribution in [3.05, 3.63) is 98.8 Å². The van der Waals surface area contributed by atoms with Crippen molar-refractivity contribution in [1.82, 2.24) is 9.66 Å². The van der Waals surface area contributed by atoms with Gasteiger partial charge in [0.15, 0.2) is 6.61 Å². The Bertz CT molecular complexity index is 1490. The van der Waals surface area contributed by atoms with E-state index in [1.165, 1.54) is 28.9 Å². The second-order valence-corrected chi connectivity index (χ2v) is 9.13. The molecule has 3 aromatic carbocycles. The van der Waals surface area contributed by atoms with Gasteiger partial charge in [-0.3, -0.25) is 9.59 Å². The van der Waals surface area contributed by atoms with Crippen LogP contribution in [0.15, 0.2) is 81.1 Å². The first-order valence-corrected chi connectivity index (χ1v) is 12.2. The Kier molecular flexibility index (Phi) is 7.90. The van der Waals surface area contributed by atoms with Crippen LogP contribution in [-0.4, -0.2) is 28.4 Å². The lowest BCUT2D eigenvalue weighted by molar-refractivity contribution is -0.118. The van der Waals surface area contributed by atoms with Gasteiger partial charge >= 0.3 is 0 Å². The van der Waals surface area contributed by atoms with E-state index in [0.29, 0.717) is 33.7 Å². The summed E-state index contributed by atoms with van der Waals surface area (Å²) in [5, 5.41) is 7.57. The Hall–Kier alpha value is -3.85. The van der Waals surface area contributed by atoms with E-state index >= 15 is 0 Å². The van der Waals surface area contributed by atoms with E-state index in [2.05, 4.69) is 26.3 Å². The molecule has 4 aromatic rings. The number of hydrogen-bond acceptors (Lipinski definition) is 5. The zero-order valence-electron chi connectivity index (χ0n) is 19.7. The summed E-state index contributed by atoms with van der Waals surface area (Å²) in [6.07, 6.45) is 2.36. The molecule has 1 heterocycles. The molecule has 0 fully saturated rings. The van der Waals surface area contributed by atoms with Crippen molar-refractivity contribution in [2.75, 3.05) is 11.9 Å². The van der Waals surface area contributed by atoms with Crippen molar-refractivity contribution in [2.24, 2.45) is 5.10 Å². The Balaban J connectivity index is 1.53. The second kappa shape index (κ2) is 11.3. The van der Waals surface area contributed by atoms with Crippen LogP contribution in [0.2, 0.25) is 0 Å². The third-order valence-corrected chi connectivity index (χ3v) is 6.06. The van der Waals surface area contributed by atoms with E-state index < -0.39 is 0 Å². The third-order valence-electron chi connectivity index (χ3n) is 5.56. The molecular formula is C27H24BrFN4O3. The van der Waals surface area contributed by atoms with E-state index in [4.69, 9.17) is 9.72 Å². The summed E-state index contributed by atoms with van der Waals surface area (Å²) >= 11 is 3.41. The predicted molar refractivity (Wildman–Crippen MR) is 142 cm³/mol. The number of halogens is 2. The molecule has 1 atom stereocenters. The molecule has 0 spiro atoms. The molecular weight excluding hydrogens is 527 g/mol. The van der Waals surface area contributed by atoms with Gasteiger partial charge in [-0.2, -0.15) is 9.78 Å². The van der Waals surface area contributed by atoms with E-state index in [9.17, 15) is 14.0 Å². The average molecular weight is 551 g/mol. The molecule has 1 N–H and O–H groups in total. The first kappa shape index (κ1) is 25.2. The SMILES string of the molecule is CC[C@H](C)c1nc2ccc(Br)cc2c(=O)n1N=Cc1cccc(OCC(=O)Nc2ccc(F)cc2)c1. The Morgan fingerprint density at radius 3 is 2.72 bits per heavy atom. The van der Waals surface area contributed by atoms with Crippen LogP contribution in [0.4, 0.5) is 10.1 Å². The van der Waals surface area contributed by atoms with Crippen LogP contribution in [0.25, 0.3) is 10.9 Å². The fourth-order valence-corrected chi connectivity index (χ4v) is 3.83. The van der Waals surface area contributed by atoms with Gasteiger partial charge in [-0.05, 0) is 66.6 Å². The number of ether oxygens (including phenoxy) is 1. The van der Waals surface area contributed by atoms with Crippen LogP contribution >= 0.6 is 15.9 Å². The van der Waals surface area contributed by atoms with Crippen LogP contribution < -0.4 is 15.6 Å². The van der Waals surface area contributed by atoms with Gasteiger partial charge in [0, 0.05) is 16.1 Å². The number of fused-ring (bicyclic) bond motifs is 1. The van der Waals surface area contributed by atoms with Crippen molar-refractivity contribution >= 4 is 44.6 Å². The largest absolute Gasteiger partial charge is 0.484 e. The summed E-state index contributed by atoms with van der Waals surface area (Å²) < 4.78 is 20.7. The molecule has 0 aliphatic rings. The Morgan fingerprint density at radius 1 is 1.19 bits per heavy atom. The molecule has 0 saturated carbocycles. The van der Waals surface area contributed by atoms with Crippen molar-refractivity contribution in [1.29, 1.82) is 0 Å². The number of anilines is 1. The molecule has 4 rings (SSSR count). The maximum absolute atomic E-state index is 13.3. The molecule has 0 aliphatic heterocycles. The minimum atomic E-state index is -0.381. The number of nitrogens with one attached hydrogen (secondary N) is 1. The molecule has 1 aromatic heterocycles. The number of benzene rings is 3. The fraction of sp³-hybridized carbons (Fsp3) is 0.185. The van der Waals surface area contributed by atoms with Crippen molar-refractivity contribution < 1.29 is 13.9 Å². The molecule has 36 heavy (non-hydrogen) atoms. The summed E-state index contributed by atoms with van der Waals surface area (Å²) in [6, 6.07) is 17.9. The number of amides is 1. The molecule has 0 saturated heterocycles. The van der Waals surface area contributed by atoms with Crippen molar-refractivity contribution in [3.63, 3.8) is 0 Å². The average Bonchev–Trinajstić information content (AvgIpc) is 2.88. The maximum Gasteiger partial charge on any atom is 0.282 e. The number of rotatable bonds is 8. The molecule has 0 unspecified atom stereocenters. The molecule has 0 aliphatic carbocycles. The highest BCUT2D eigenvalue weighted by atomic mass is 79.9. The number of hydrogen-bond donors (Lipinski definition) is 1. The van der Waals surface area contributed by atoms with Gasteiger partial charge in [0.1, 0.15) is 17.4 Å². The molecule has 184 valence electrons. The van der Waals surface area contributed by atoms with E-state index in [1.54, 1.807) is 30.5 Å². The lowest BCUT2D eigenvalue weighted by atomic mass is 10.1. The second-order valence-electron chi connectivity index (χ2n) is 8.22. The summed E-state index contributed by atoms with van der Waals surface area (Å²) in [4.78, 5) is 30.1.